The smallest absolute Gasteiger partial charge is 0.251 e. The van der Waals surface area contributed by atoms with Gasteiger partial charge in [-0.15, -0.1) is 0 Å². The molecule has 0 aliphatic carbocycles. The van der Waals surface area contributed by atoms with Crippen LogP contribution in [0.4, 0.5) is 0 Å². The minimum Gasteiger partial charge on any atom is -0.374 e. The van der Waals surface area contributed by atoms with Crippen molar-refractivity contribution in [2.24, 2.45) is 0 Å². The van der Waals surface area contributed by atoms with Crippen molar-refractivity contribution in [2.75, 3.05) is 13.2 Å². The minimum absolute atomic E-state index is 0.0658. The summed E-state index contributed by atoms with van der Waals surface area (Å²) >= 11 is 3.38. The van der Waals surface area contributed by atoms with Gasteiger partial charge in [-0.25, -0.2) is 0 Å². The van der Waals surface area contributed by atoms with Gasteiger partial charge in [0.15, 0.2) is 0 Å². The number of carbonyl (C=O) groups is 1. The molecule has 0 aliphatic rings. The molecule has 0 saturated carbocycles. The van der Waals surface area contributed by atoms with Crippen molar-refractivity contribution in [3.05, 3.63) is 35.4 Å². The average Bonchev–Trinajstić information content (AvgIpc) is 2.36. The van der Waals surface area contributed by atoms with E-state index in [1.807, 2.05) is 45.0 Å². The highest BCUT2D eigenvalue weighted by molar-refractivity contribution is 9.08. The molecule has 3 nitrogen and oxygen atoms in total. The number of benzene rings is 1. The summed E-state index contributed by atoms with van der Waals surface area (Å²) in [6, 6.07) is 7.55. The first-order valence-corrected chi connectivity index (χ1v) is 7.17. The molecule has 0 aromatic heterocycles. The lowest BCUT2D eigenvalue weighted by Crippen LogP contribution is -2.40. The predicted octanol–water partition coefficient (Wildman–Crippen LogP) is 3.13. The molecular weight excluding hydrogens is 294 g/mol. The van der Waals surface area contributed by atoms with E-state index < -0.39 is 0 Å². The van der Waals surface area contributed by atoms with Gasteiger partial charge in [-0.1, -0.05) is 28.1 Å². The molecule has 4 heteroatoms. The molecule has 0 bridgehead atoms. The van der Waals surface area contributed by atoms with Gasteiger partial charge in [-0.05, 0) is 38.5 Å². The number of ether oxygens (including phenoxy) is 1. The van der Waals surface area contributed by atoms with E-state index in [9.17, 15) is 4.79 Å². The first kappa shape index (κ1) is 15.2. The van der Waals surface area contributed by atoms with Gasteiger partial charge < -0.3 is 10.1 Å². The van der Waals surface area contributed by atoms with Gasteiger partial charge >= 0.3 is 0 Å². The Morgan fingerprint density at radius 2 is 1.94 bits per heavy atom. The van der Waals surface area contributed by atoms with E-state index in [0.29, 0.717) is 18.7 Å². The third kappa shape index (κ3) is 4.78. The second-order valence-electron chi connectivity index (χ2n) is 4.71. The van der Waals surface area contributed by atoms with Gasteiger partial charge in [-0.2, -0.15) is 0 Å². The van der Waals surface area contributed by atoms with Crippen LogP contribution in [0.2, 0.25) is 0 Å². The second kappa shape index (κ2) is 6.90. The summed E-state index contributed by atoms with van der Waals surface area (Å²) in [4.78, 5) is 11.9. The van der Waals surface area contributed by atoms with Crippen LogP contribution in [0.3, 0.4) is 0 Å². The van der Waals surface area contributed by atoms with E-state index in [1.165, 1.54) is 0 Å². The lowest BCUT2D eigenvalue weighted by atomic mass is 10.1. The Hall–Kier alpha value is -0.870. The molecule has 0 saturated heterocycles. The SMILES string of the molecule is CCOC(C)(C)CNC(=O)c1ccc(CBr)cc1. The van der Waals surface area contributed by atoms with E-state index >= 15 is 0 Å². The van der Waals surface area contributed by atoms with Crippen molar-refractivity contribution in [3.63, 3.8) is 0 Å². The van der Waals surface area contributed by atoms with Gasteiger partial charge in [0, 0.05) is 24.0 Å². The molecule has 1 rings (SSSR count). The fourth-order valence-electron chi connectivity index (χ4n) is 1.58. The quantitative estimate of drug-likeness (QED) is 0.819. The van der Waals surface area contributed by atoms with Gasteiger partial charge in [0.25, 0.3) is 5.91 Å². The lowest BCUT2D eigenvalue weighted by Gasteiger charge is -2.24. The van der Waals surface area contributed by atoms with Crippen LogP contribution in [0, 0.1) is 0 Å². The van der Waals surface area contributed by atoms with Crippen LogP contribution < -0.4 is 5.32 Å². The van der Waals surface area contributed by atoms with Gasteiger partial charge in [0.1, 0.15) is 0 Å². The summed E-state index contributed by atoms with van der Waals surface area (Å²) in [6.45, 7) is 7.01. The second-order valence-corrected chi connectivity index (χ2v) is 5.27. The normalized spacial score (nSPS) is 11.3. The molecule has 0 heterocycles. The molecule has 18 heavy (non-hydrogen) atoms. The monoisotopic (exact) mass is 313 g/mol. The maximum atomic E-state index is 11.9. The molecule has 0 unspecified atom stereocenters. The fraction of sp³-hybridized carbons (Fsp3) is 0.500. The maximum absolute atomic E-state index is 11.9. The van der Waals surface area contributed by atoms with Crippen molar-refractivity contribution in [1.82, 2.24) is 5.32 Å². The largest absolute Gasteiger partial charge is 0.374 e. The van der Waals surface area contributed by atoms with Gasteiger partial charge in [0.2, 0.25) is 0 Å². The van der Waals surface area contributed by atoms with Crippen molar-refractivity contribution in [3.8, 4) is 0 Å². The molecule has 100 valence electrons. The van der Waals surface area contributed by atoms with Crippen LogP contribution in [0.5, 0.6) is 0 Å². The Kier molecular flexibility index (Phi) is 5.82. The Bertz CT molecular complexity index is 387. The van der Waals surface area contributed by atoms with E-state index in [2.05, 4.69) is 21.2 Å². The molecule has 0 aliphatic heterocycles. The predicted molar refractivity (Wildman–Crippen MR) is 77.1 cm³/mol. The molecule has 1 aromatic carbocycles. The summed E-state index contributed by atoms with van der Waals surface area (Å²) < 4.78 is 5.53. The van der Waals surface area contributed by atoms with E-state index in [0.717, 1.165) is 10.9 Å². The standard InChI is InChI=1S/C14H20BrNO2/c1-4-18-14(2,3)10-16-13(17)12-7-5-11(9-15)6-8-12/h5-8H,4,9-10H2,1-3H3,(H,16,17). The zero-order valence-corrected chi connectivity index (χ0v) is 12.7. The third-order valence-corrected chi connectivity index (χ3v) is 3.23. The van der Waals surface area contributed by atoms with Crippen molar-refractivity contribution in [1.29, 1.82) is 0 Å². The summed E-state index contributed by atoms with van der Waals surface area (Å²) in [5.74, 6) is -0.0658. The Balaban J connectivity index is 2.54. The zero-order valence-electron chi connectivity index (χ0n) is 11.1. The van der Waals surface area contributed by atoms with E-state index in [-0.39, 0.29) is 11.5 Å². The highest BCUT2D eigenvalue weighted by Crippen LogP contribution is 2.10. The average molecular weight is 314 g/mol. The first-order chi connectivity index (χ1) is 8.48. The van der Waals surface area contributed by atoms with Crippen LogP contribution in [-0.2, 0) is 10.1 Å². The Morgan fingerprint density at radius 1 is 1.33 bits per heavy atom. The zero-order chi connectivity index (χ0) is 13.6. The molecule has 1 aromatic rings. The van der Waals surface area contributed by atoms with E-state index in [4.69, 9.17) is 4.74 Å². The van der Waals surface area contributed by atoms with Crippen LogP contribution in [-0.4, -0.2) is 24.7 Å². The molecule has 1 amide bonds. The summed E-state index contributed by atoms with van der Waals surface area (Å²) in [6.07, 6.45) is 0. The van der Waals surface area contributed by atoms with Crippen molar-refractivity contribution in [2.45, 2.75) is 31.7 Å². The highest BCUT2D eigenvalue weighted by Gasteiger charge is 2.18. The molecule has 0 fully saturated rings. The number of amides is 1. The molecule has 0 spiro atoms. The fourth-order valence-corrected chi connectivity index (χ4v) is 1.96. The highest BCUT2D eigenvalue weighted by atomic mass is 79.9. The van der Waals surface area contributed by atoms with E-state index in [1.54, 1.807) is 0 Å². The maximum Gasteiger partial charge on any atom is 0.251 e. The Morgan fingerprint density at radius 3 is 2.44 bits per heavy atom. The van der Waals surface area contributed by atoms with Crippen LogP contribution in [0.25, 0.3) is 0 Å². The van der Waals surface area contributed by atoms with Gasteiger partial charge in [-0.3, -0.25) is 4.79 Å². The van der Waals surface area contributed by atoms with Gasteiger partial charge in [0.05, 0.1) is 5.60 Å². The Labute approximate surface area is 117 Å². The number of hydrogen-bond donors (Lipinski definition) is 1. The molecule has 1 N–H and O–H groups in total. The van der Waals surface area contributed by atoms with Crippen LogP contribution in [0.1, 0.15) is 36.7 Å². The van der Waals surface area contributed by atoms with Crippen LogP contribution in [0.15, 0.2) is 24.3 Å². The topological polar surface area (TPSA) is 38.3 Å². The number of rotatable bonds is 6. The number of carbonyl (C=O) groups excluding carboxylic acids is 1. The lowest BCUT2D eigenvalue weighted by molar-refractivity contribution is -0.00815. The number of hydrogen-bond acceptors (Lipinski definition) is 2. The van der Waals surface area contributed by atoms with Crippen molar-refractivity contribution < 1.29 is 9.53 Å². The third-order valence-electron chi connectivity index (χ3n) is 2.58. The summed E-state index contributed by atoms with van der Waals surface area (Å²) in [5, 5.41) is 3.68. The summed E-state index contributed by atoms with van der Waals surface area (Å²) in [7, 11) is 0. The number of nitrogens with one attached hydrogen (secondary N) is 1. The minimum atomic E-state index is -0.333. The first-order valence-electron chi connectivity index (χ1n) is 6.05. The molecule has 0 atom stereocenters. The van der Waals surface area contributed by atoms with Crippen LogP contribution >= 0.6 is 15.9 Å². The number of halogens is 1. The molecular formula is C14H20BrNO2. The molecule has 0 radical (unpaired) electrons. The summed E-state index contributed by atoms with van der Waals surface area (Å²) in [5.41, 5.74) is 1.49. The van der Waals surface area contributed by atoms with Crippen molar-refractivity contribution >= 4 is 21.8 Å². The number of alkyl halides is 1.